The predicted molar refractivity (Wildman–Crippen MR) is 60.9 cm³/mol. The van der Waals surface area contributed by atoms with E-state index in [-0.39, 0.29) is 24.3 Å². The highest BCUT2D eigenvalue weighted by Crippen LogP contribution is 2.16. The number of hydrogen-bond acceptors (Lipinski definition) is 4. The molecule has 0 aromatic rings. The number of nitrogens with zero attached hydrogens (tertiary/aromatic N) is 1. The fourth-order valence-corrected chi connectivity index (χ4v) is 2.28. The molecule has 3 atom stereocenters. The van der Waals surface area contributed by atoms with E-state index in [0.717, 1.165) is 13.0 Å². The summed E-state index contributed by atoms with van der Waals surface area (Å²) in [7, 11) is 3.28. The van der Waals surface area contributed by atoms with E-state index >= 15 is 0 Å². The van der Waals surface area contributed by atoms with E-state index < -0.39 is 0 Å². The number of likely N-dealkylation sites (tertiary alicyclic amines) is 1. The van der Waals surface area contributed by atoms with Crippen molar-refractivity contribution in [1.82, 2.24) is 10.2 Å². The van der Waals surface area contributed by atoms with Gasteiger partial charge in [0.1, 0.15) is 12.2 Å². The minimum absolute atomic E-state index is 0.0365. The Labute approximate surface area is 101 Å². The second-order valence-electron chi connectivity index (χ2n) is 4.46. The van der Waals surface area contributed by atoms with Crippen LogP contribution in [0.4, 0.5) is 4.79 Å². The van der Waals surface area contributed by atoms with Crippen LogP contribution in [0.15, 0.2) is 0 Å². The molecule has 98 valence electrons. The summed E-state index contributed by atoms with van der Waals surface area (Å²) in [5, 5.41) is 2.96. The molecular formula is C11H20N2O4. The average Bonchev–Trinajstić information content (AvgIpc) is 2.96. The number of amides is 2. The van der Waals surface area contributed by atoms with Crippen LogP contribution in [0.5, 0.6) is 0 Å². The molecule has 0 saturated carbocycles. The number of rotatable bonds is 3. The van der Waals surface area contributed by atoms with Gasteiger partial charge in [0, 0.05) is 20.8 Å². The summed E-state index contributed by atoms with van der Waals surface area (Å²) in [4.78, 5) is 13.7. The van der Waals surface area contributed by atoms with E-state index in [1.54, 1.807) is 19.1 Å². The fourth-order valence-electron chi connectivity index (χ4n) is 2.28. The van der Waals surface area contributed by atoms with E-state index in [2.05, 4.69) is 5.32 Å². The highest BCUT2D eigenvalue weighted by molar-refractivity contribution is 5.75. The van der Waals surface area contributed by atoms with Crippen LogP contribution in [0.25, 0.3) is 0 Å². The molecule has 0 radical (unpaired) electrons. The smallest absolute Gasteiger partial charge is 0.317 e. The number of hydrogen-bond donors (Lipinski definition) is 1. The van der Waals surface area contributed by atoms with Gasteiger partial charge in [-0.15, -0.1) is 0 Å². The van der Waals surface area contributed by atoms with Crippen molar-refractivity contribution in [2.24, 2.45) is 0 Å². The minimum Gasteiger partial charge on any atom is -0.379 e. The average molecular weight is 244 g/mol. The minimum atomic E-state index is -0.0536. The first-order valence-electron chi connectivity index (χ1n) is 5.93. The molecule has 2 aliphatic heterocycles. The summed E-state index contributed by atoms with van der Waals surface area (Å²) < 4.78 is 15.8. The van der Waals surface area contributed by atoms with Crippen LogP contribution < -0.4 is 5.32 Å². The monoisotopic (exact) mass is 244 g/mol. The van der Waals surface area contributed by atoms with Crippen molar-refractivity contribution in [1.29, 1.82) is 0 Å². The molecule has 2 saturated heterocycles. The number of carbonyl (C=O) groups excluding carboxylic acids is 1. The molecule has 6 nitrogen and oxygen atoms in total. The molecule has 0 aromatic heterocycles. The standard InChI is InChI=1S/C11H20N2O4/c1-15-9-5-13(6-10(9)16-2)11(14)12-8-3-4-17-7-8/h8-10H,3-7H2,1-2H3,(H,12,14). The highest BCUT2D eigenvalue weighted by atomic mass is 16.5. The number of methoxy groups -OCH3 is 2. The van der Waals surface area contributed by atoms with Crippen LogP contribution in [0.3, 0.4) is 0 Å². The van der Waals surface area contributed by atoms with Gasteiger partial charge in [0.15, 0.2) is 0 Å². The third-order valence-corrected chi connectivity index (χ3v) is 3.37. The van der Waals surface area contributed by atoms with E-state index in [1.807, 2.05) is 0 Å². The molecule has 17 heavy (non-hydrogen) atoms. The maximum atomic E-state index is 12.0. The van der Waals surface area contributed by atoms with E-state index in [1.165, 1.54) is 0 Å². The van der Waals surface area contributed by atoms with E-state index in [0.29, 0.717) is 19.7 Å². The summed E-state index contributed by atoms with van der Waals surface area (Å²) in [6.07, 6.45) is 0.817. The molecule has 0 aromatic carbocycles. The summed E-state index contributed by atoms with van der Waals surface area (Å²) in [6, 6.07) is 0.0900. The summed E-state index contributed by atoms with van der Waals surface area (Å²) in [5.41, 5.74) is 0. The zero-order valence-corrected chi connectivity index (χ0v) is 10.3. The topological polar surface area (TPSA) is 60.0 Å². The second kappa shape index (κ2) is 5.66. The number of nitrogens with one attached hydrogen (secondary N) is 1. The van der Waals surface area contributed by atoms with Crippen LogP contribution in [0.2, 0.25) is 0 Å². The van der Waals surface area contributed by atoms with Crippen LogP contribution in [0, 0.1) is 0 Å². The van der Waals surface area contributed by atoms with Gasteiger partial charge in [-0.05, 0) is 6.42 Å². The Balaban J connectivity index is 1.83. The van der Waals surface area contributed by atoms with Crippen molar-refractivity contribution in [3.05, 3.63) is 0 Å². The molecule has 2 aliphatic rings. The first-order valence-corrected chi connectivity index (χ1v) is 5.93. The quantitative estimate of drug-likeness (QED) is 0.749. The Kier molecular flexibility index (Phi) is 4.20. The van der Waals surface area contributed by atoms with Crippen LogP contribution in [-0.2, 0) is 14.2 Å². The fraction of sp³-hybridized carbons (Fsp3) is 0.909. The van der Waals surface area contributed by atoms with Crippen LogP contribution in [0.1, 0.15) is 6.42 Å². The van der Waals surface area contributed by atoms with Gasteiger partial charge in [0.2, 0.25) is 0 Å². The first-order chi connectivity index (χ1) is 8.24. The SMILES string of the molecule is COC1CN(C(=O)NC2CCOC2)CC1OC. The lowest BCUT2D eigenvalue weighted by Gasteiger charge is -2.19. The third-order valence-electron chi connectivity index (χ3n) is 3.37. The first kappa shape index (κ1) is 12.6. The lowest BCUT2D eigenvalue weighted by molar-refractivity contribution is -0.00461. The number of ether oxygens (including phenoxy) is 3. The van der Waals surface area contributed by atoms with E-state index in [9.17, 15) is 4.79 Å². The van der Waals surface area contributed by atoms with Crippen molar-refractivity contribution in [3.8, 4) is 0 Å². The van der Waals surface area contributed by atoms with Crippen molar-refractivity contribution < 1.29 is 19.0 Å². The molecule has 0 bridgehead atoms. The van der Waals surface area contributed by atoms with Gasteiger partial charge < -0.3 is 24.4 Å². The Morgan fingerprint density at radius 1 is 1.29 bits per heavy atom. The molecule has 2 fully saturated rings. The van der Waals surface area contributed by atoms with Crippen LogP contribution in [-0.4, -0.2) is 69.7 Å². The van der Waals surface area contributed by atoms with Crippen molar-refractivity contribution in [2.75, 3.05) is 40.5 Å². The number of carbonyl (C=O) groups is 1. The molecule has 2 amide bonds. The number of urea groups is 1. The molecule has 0 aliphatic carbocycles. The Morgan fingerprint density at radius 2 is 1.94 bits per heavy atom. The van der Waals surface area contributed by atoms with Crippen molar-refractivity contribution in [3.63, 3.8) is 0 Å². The zero-order chi connectivity index (χ0) is 12.3. The molecule has 3 unspecified atom stereocenters. The lowest BCUT2D eigenvalue weighted by atomic mass is 10.3. The van der Waals surface area contributed by atoms with Crippen molar-refractivity contribution >= 4 is 6.03 Å². The predicted octanol–water partition coefficient (Wildman–Crippen LogP) is -0.169. The Hall–Kier alpha value is -0.850. The van der Waals surface area contributed by atoms with Gasteiger partial charge in [-0.25, -0.2) is 4.79 Å². The normalized spacial score (nSPS) is 33.1. The summed E-state index contributed by atoms with van der Waals surface area (Å²) >= 11 is 0. The van der Waals surface area contributed by atoms with Gasteiger partial charge in [-0.2, -0.15) is 0 Å². The van der Waals surface area contributed by atoms with Gasteiger partial charge in [0.05, 0.1) is 25.7 Å². The van der Waals surface area contributed by atoms with Gasteiger partial charge in [-0.1, -0.05) is 0 Å². The molecule has 2 rings (SSSR count). The summed E-state index contributed by atoms with van der Waals surface area (Å²) in [6.45, 7) is 2.50. The van der Waals surface area contributed by atoms with Gasteiger partial charge in [0.25, 0.3) is 0 Å². The molecule has 0 spiro atoms. The second-order valence-corrected chi connectivity index (χ2v) is 4.46. The maximum absolute atomic E-state index is 12.0. The third kappa shape index (κ3) is 2.88. The largest absolute Gasteiger partial charge is 0.379 e. The van der Waals surface area contributed by atoms with E-state index in [4.69, 9.17) is 14.2 Å². The zero-order valence-electron chi connectivity index (χ0n) is 10.3. The molecule has 1 N–H and O–H groups in total. The lowest BCUT2D eigenvalue weighted by Crippen LogP contribution is -2.44. The molecule has 6 heteroatoms. The Morgan fingerprint density at radius 3 is 2.41 bits per heavy atom. The van der Waals surface area contributed by atoms with Crippen LogP contribution >= 0.6 is 0 Å². The van der Waals surface area contributed by atoms with Crippen molar-refractivity contribution in [2.45, 2.75) is 24.7 Å². The van der Waals surface area contributed by atoms with Gasteiger partial charge >= 0.3 is 6.03 Å². The summed E-state index contributed by atoms with van der Waals surface area (Å²) in [5.74, 6) is 0. The molecular weight excluding hydrogens is 224 g/mol. The maximum Gasteiger partial charge on any atom is 0.317 e. The highest BCUT2D eigenvalue weighted by Gasteiger charge is 2.36. The Bertz CT molecular complexity index is 256. The van der Waals surface area contributed by atoms with Gasteiger partial charge in [-0.3, -0.25) is 0 Å². The molecule has 2 heterocycles.